The number of aromatic carboxylic acids is 1. The van der Waals surface area contributed by atoms with E-state index >= 15 is 0 Å². The minimum absolute atomic E-state index is 0.0966. The Hall–Kier alpha value is -2.15. The van der Waals surface area contributed by atoms with Crippen LogP contribution in [0.25, 0.3) is 0 Å². The van der Waals surface area contributed by atoms with Gasteiger partial charge in [-0.3, -0.25) is 4.79 Å². The molecule has 0 unspecified atom stereocenters. The molecule has 0 saturated carbocycles. The van der Waals surface area contributed by atoms with E-state index in [4.69, 9.17) is 5.11 Å². The number of hydrogen-bond acceptors (Lipinski definition) is 2. The van der Waals surface area contributed by atoms with Gasteiger partial charge < -0.3 is 15.4 Å². The minimum Gasteiger partial charge on any atom is -0.477 e. The molecule has 0 spiro atoms. The number of H-pyrrole nitrogens is 1. The molecule has 0 aliphatic carbocycles. The molecule has 0 saturated heterocycles. The van der Waals surface area contributed by atoms with Crippen molar-refractivity contribution >= 4 is 33.5 Å². The van der Waals surface area contributed by atoms with Crippen molar-refractivity contribution < 1.29 is 19.1 Å². The van der Waals surface area contributed by atoms with Gasteiger partial charge in [0, 0.05) is 10.2 Å². The van der Waals surface area contributed by atoms with Crippen LogP contribution in [-0.2, 0) is 0 Å². The molecule has 5 nitrogen and oxygen atoms in total. The standard InChI is InChI=1S/C13H10BrFN2O3/c1-6-4-10(11(16-6)13(19)20)17-12(18)8-5-7(14)2-3-9(8)15/h2-5,16H,1H3,(H,17,18)(H,19,20). The molecule has 1 amide bonds. The molecule has 104 valence electrons. The van der Waals surface area contributed by atoms with Crippen LogP contribution in [0.15, 0.2) is 28.7 Å². The molecular formula is C13H10BrFN2O3. The average Bonchev–Trinajstić information content (AvgIpc) is 2.73. The van der Waals surface area contributed by atoms with E-state index in [9.17, 15) is 14.0 Å². The number of carbonyl (C=O) groups excluding carboxylic acids is 1. The lowest BCUT2D eigenvalue weighted by Crippen LogP contribution is -2.15. The van der Waals surface area contributed by atoms with E-state index in [0.717, 1.165) is 6.07 Å². The normalized spacial score (nSPS) is 10.3. The van der Waals surface area contributed by atoms with Crippen molar-refractivity contribution in [1.29, 1.82) is 0 Å². The van der Waals surface area contributed by atoms with Crippen LogP contribution in [0.4, 0.5) is 10.1 Å². The zero-order chi connectivity index (χ0) is 14.9. The molecule has 3 N–H and O–H groups in total. The number of amides is 1. The summed E-state index contributed by atoms with van der Waals surface area (Å²) in [4.78, 5) is 25.6. The molecular weight excluding hydrogens is 331 g/mol. The number of nitrogens with one attached hydrogen (secondary N) is 2. The van der Waals surface area contributed by atoms with Crippen LogP contribution >= 0.6 is 15.9 Å². The molecule has 2 aromatic rings. The van der Waals surface area contributed by atoms with E-state index in [-0.39, 0.29) is 16.9 Å². The number of halogens is 2. The van der Waals surface area contributed by atoms with E-state index in [1.165, 1.54) is 18.2 Å². The van der Waals surface area contributed by atoms with Crippen molar-refractivity contribution in [3.63, 3.8) is 0 Å². The summed E-state index contributed by atoms with van der Waals surface area (Å²) in [6.45, 7) is 1.65. The highest BCUT2D eigenvalue weighted by molar-refractivity contribution is 9.10. The van der Waals surface area contributed by atoms with E-state index in [2.05, 4.69) is 26.2 Å². The Morgan fingerprint density at radius 1 is 1.35 bits per heavy atom. The van der Waals surface area contributed by atoms with Crippen molar-refractivity contribution in [3.8, 4) is 0 Å². The number of aromatic amines is 1. The van der Waals surface area contributed by atoms with Crippen LogP contribution in [-0.4, -0.2) is 22.0 Å². The summed E-state index contributed by atoms with van der Waals surface area (Å²) < 4.78 is 14.1. The van der Waals surface area contributed by atoms with Gasteiger partial charge in [-0.1, -0.05) is 15.9 Å². The first kappa shape index (κ1) is 14.3. The number of aromatic nitrogens is 1. The van der Waals surface area contributed by atoms with Gasteiger partial charge in [-0.2, -0.15) is 0 Å². The first-order valence-electron chi connectivity index (χ1n) is 5.58. The van der Waals surface area contributed by atoms with Gasteiger partial charge in [0.05, 0.1) is 11.3 Å². The summed E-state index contributed by atoms with van der Waals surface area (Å²) in [6.07, 6.45) is 0. The number of carboxylic acid groups (broad SMARTS) is 1. The van der Waals surface area contributed by atoms with Crippen molar-refractivity contribution in [3.05, 3.63) is 51.5 Å². The Bertz CT molecular complexity index is 697. The second kappa shape index (κ2) is 5.46. The van der Waals surface area contributed by atoms with Gasteiger partial charge in [0.25, 0.3) is 5.91 Å². The van der Waals surface area contributed by atoms with Crippen molar-refractivity contribution in [2.75, 3.05) is 5.32 Å². The van der Waals surface area contributed by atoms with Gasteiger partial charge in [-0.15, -0.1) is 0 Å². The average molecular weight is 341 g/mol. The van der Waals surface area contributed by atoms with E-state index < -0.39 is 17.7 Å². The van der Waals surface area contributed by atoms with Gasteiger partial charge >= 0.3 is 5.97 Å². The van der Waals surface area contributed by atoms with Crippen LogP contribution < -0.4 is 5.32 Å². The molecule has 0 fully saturated rings. The summed E-state index contributed by atoms with van der Waals surface area (Å²) in [5.41, 5.74) is 0.354. The third kappa shape index (κ3) is 2.88. The van der Waals surface area contributed by atoms with Crippen LogP contribution in [0.2, 0.25) is 0 Å². The topological polar surface area (TPSA) is 82.2 Å². The third-order valence-electron chi connectivity index (χ3n) is 2.59. The summed E-state index contributed by atoms with van der Waals surface area (Å²) in [5, 5.41) is 11.4. The van der Waals surface area contributed by atoms with Gasteiger partial charge in [0.15, 0.2) is 0 Å². The van der Waals surface area contributed by atoms with Crippen molar-refractivity contribution in [1.82, 2.24) is 4.98 Å². The Balaban J connectivity index is 2.32. The summed E-state index contributed by atoms with van der Waals surface area (Å²) in [5.74, 6) is -2.61. The number of rotatable bonds is 3. The van der Waals surface area contributed by atoms with Crippen LogP contribution in [0.5, 0.6) is 0 Å². The van der Waals surface area contributed by atoms with Crippen molar-refractivity contribution in [2.45, 2.75) is 6.92 Å². The Morgan fingerprint density at radius 3 is 2.70 bits per heavy atom. The molecule has 2 rings (SSSR count). The molecule has 1 aromatic heterocycles. The second-order valence-corrected chi connectivity index (χ2v) is 5.04. The maximum absolute atomic E-state index is 13.6. The zero-order valence-corrected chi connectivity index (χ0v) is 11.9. The first-order chi connectivity index (χ1) is 9.38. The highest BCUT2D eigenvalue weighted by Gasteiger charge is 2.18. The molecule has 1 aromatic carbocycles. The number of aryl methyl sites for hydroxylation is 1. The smallest absolute Gasteiger partial charge is 0.354 e. The van der Waals surface area contributed by atoms with Gasteiger partial charge in [-0.25, -0.2) is 9.18 Å². The van der Waals surface area contributed by atoms with E-state index in [1.54, 1.807) is 6.92 Å². The summed E-state index contributed by atoms with van der Waals surface area (Å²) in [6, 6.07) is 5.41. The SMILES string of the molecule is Cc1cc(NC(=O)c2cc(Br)ccc2F)c(C(=O)O)[nH]1. The van der Waals surface area contributed by atoms with Gasteiger partial charge in [0.2, 0.25) is 0 Å². The van der Waals surface area contributed by atoms with Crippen LogP contribution in [0, 0.1) is 12.7 Å². The first-order valence-corrected chi connectivity index (χ1v) is 6.37. The molecule has 7 heteroatoms. The highest BCUT2D eigenvalue weighted by atomic mass is 79.9. The fourth-order valence-corrected chi connectivity index (χ4v) is 2.08. The number of hydrogen-bond donors (Lipinski definition) is 3. The molecule has 1 heterocycles. The number of anilines is 1. The summed E-state index contributed by atoms with van der Waals surface area (Å²) in [7, 11) is 0. The molecule has 0 aliphatic heterocycles. The Labute approximate surface area is 121 Å². The third-order valence-corrected chi connectivity index (χ3v) is 3.08. The second-order valence-electron chi connectivity index (χ2n) is 4.12. The number of benzene rings is 1. The van der Waals surface area contributed by atoms with Crippen LogP contribution in [0.3, 0.4) is 0 Å². The highest BCUT2D eigenvalue weighted by Crippen LogP contribution is 2.20. The van der Waals surface area contributed by atoms with E-state index in [1.807, 2.05) is 0 Å². The lowest BCUT2D eigenvalue weighted by molar-refractivity contribution is 0.0692. The molecule has 0 bridgehead atoms. The molecule has 0 aliphatic rings. The predicted molar refractivity (Wildman–Crippen MR) is 74.5 cm³/mol. The molecule has 0 radical (unpaired) electrons. The lowest BCUT2D eigenvalue weighted by Gasteiger charge is -2.06. The monoisotopic (exact) mass is 340 g/mol. The summed E-state index contributed by atoms with van der Waals surface area (Å²) >= 11 is 3.14. The molecule has 20 heavy (non-hydrogen) atoms. The minimum atomic E-state index is -1.21. The fraction of sp³-hybridized carbons (Fsp3) is 0.0769. The van der Waals surface area contributed by atoms with Crippen molar-refractivity contribution in [2.24, 2.45) is 0 Å². The quantitative estimate of drug-likeness (QED) is 0.802. The maximum atomic E-state index is 13.6. The zero-order valence-electron chi connectivity index (χ0n) is 10.3. The Kier molecular flexibility index (Phi) is 3.89. The van der Waals surface area contributed by atoms with Crippen LogP contribution in [0.1, 0.15) is 26.5 Å². The lowest BCUT2D eigenvalue weighted by atomic mass is 10.2. The number of carbonyl (C=O) groups is 2. The molecule has 0 atom stereocenters. The Morgan fingerprint density at radius 2 is 2.05 bits per heavy atom. The number of carboxylic acids is 1. The van der Waals surface area contributed by atoms with Gasteiger partial charge in [0.1, 0.15) is 11.5 Å². The fourth-order valence-electron chi connectivity index (χ4n) is 1.72. The predicted octanol–water partition coefficient (Wildman–Crippen LogP) is 3.18. The maximum Gasteiger partial charge on any atom is 0.354 e. The van der Waals surface area contributed by atoms with Gasteiger partial charge in [-0.05, 0) is 31.2 Å². The largest absolute Gasteiger partial charge is 0.477 e. The van der Waals surface area contributed by atoms with E-state index in [0.29, 0.717) is 10.2 Å².